The summed E-state index contributed by atoms with van der Waals surface area (Å²) in [6.45, 7) is 4.68. The van der Waals surface area contributed by atoms with Gasteiger partial charge in [0.1, 0.15) is 5.69 Å². The second-order valence-corrected chi connectivity index (χ2v) is 5.77. The Hall–Kier alpha value is -1.88. The highest BCUT2D eigenvalue weighted by Gasteiger charge is 2.13. The van der Waals surface area contributed by atoms with E-state index < -0.39 is 0 Å². The number of thiophene rings is 1. The van der Waals surface area contributed by atoms with Gasteiger partial charge in [-0.1, -0.05) is 19.4 Å². The van der Waals surface area contributed by atoms with E-state index in [9.17, 15) is 4.79 Å². The van der Waals surface area contributed by atoms with Crippen molar-refractivity contribution in [1.29, 1.82) is 0 Å². The van der Waals surface area contributed by atoms with E-state index in [0.717, 1.165) is 18.5 Å². The second-order valence-electron chi connectivity index (χ2n) is 4.79. The van der Waals surface area contributed by atoms with Crippen molar-refractivity contribution in [3.8, 4) is 0 Å². The van der Waals surface area contributed by atoms with Gasteiger partial charge in [0.15, 0.2) is 0 Å². The molecule has 1 amide bonds. The molecule has 2 N–H and O–H groups in total. The molecule has 0 aliphatic carbocycles. The molecule has 2 rings (SSSR count). The minimum absolute atomic E-state index is 0.135. The molecule has 1 atom stereocenters. The van der Waals surface area contributed by atoms with Crippen LogP contribution in [0.25, 0.3) is 0 Å². The third-order valence-corrected chi connectivity index (χ3v) is 4.12. The van der Waals surface area contributed by atoms with Crippen LogP contribution in [0.1, 0.15) is 48.1 Å². The van der Waals surface area contributed by atoms with Gasteiger partial charge in [0.25, 0.3) is 5.91 Å². The van der Waals surface area contributed by atoms with E-state index >= 15 is 0 Å². The first-order valence-electron chi connectivity index (χ1n) is 7.28. The fourth-order valence-corrected chi connectivity index (χ4v) is 2.97. The molecule has 2 aromatic heterocycles. The van der Waals surface area contributed by atoms with E-state index in [-0.39, 0.29) is 11.9 Å². The predicted octanol–water partition coefficient (Wildman–Crippen LogP) is 3.85. The van der Waals surface area contributed by atoms with Gasteiger partial charge in [0.2, 0.25) is 0 Å². The molecule has 4 nitrogen and oxygen atoms in total. The first-order chi connectivity index (χ1) is 10.2. The van der Waals surface area contributed by atoms with Gasteiger partial charge in [0, 0.05) is 23.3 Å². The van der Waals surface area contributed by atoms with Crippen LogP contribution in [-0.4, -0.2) is 17.4 Å². The maximum atomic E-state index is 11.8. The largest absolute Gasteiger partial charge is 0.377 e. The van der Waals surface area contributed by atoms with Crippen molar-refractivity contribution in [3.63, 3.8) is 0 Å². The number of rotatable bonds is 7. The molecule has 0 saturated carbocycles. The van der Waals surface area contributed by atoms with Gasteiger partial charge in [-0.05, 0) is 36.9 Å². The van der Waals surface area contributed by atoms with Gasteiger partial charge in [-0.2, -0.15) is 0 Å². The summed E-state index contributed by atoms with van der Waals surface area (Å²) in [5.74, 6) is -0.135. The number of carbonyl (C=O) groups is 1. The number of nitrogens with one attached hydrogen (secondary N) is 2. The summed E-state index contributed by atoms with van der Waals surface area (Å²) in [5.41, 5.74) is 1.38. The maximum Gasteiger partial charge on any atom is 0.269 e. The van der Waals surface area contributed by atoms with Crippen molar-refractivity contribution >= 4 is 22.9 Å². The van der Waals surface area contributed by atoms with Crippen LogP contribution in [0.4, 0.5) is 5.69 Å². The lowest BCUT2D eigenvalue weighted by Gasteiger charge is -2.18. The van der Waals surface area contributed by atoms with E-state index in [2.05, 4.69) is 40.1 Å². The maximum absolute atomic E-state index is 11.8. The molecular formula is C16H21N3OS. The Balaban J connectivity index is 2.13. The highest BCUT2D eigenvalue weighted by Crippen LogP contribution is 2.27. The number of hydrogen-bond acceptors (Lipinski definition) is 4. The van der Waals surface area contributed by atoms with E-state index in [1.807, 2.05) is 13.0 Å². The average molecular weight is 303 g/mol. The molecular weight excluding hydrogens is 282 g/mol. The molecule has 0 spiro atoms. The highest BCUT2D eigenvalue weighted by molar-refractivity contribution is 7.10. The van der Waals surface area contributed by atoms with Crippen LogP contribution < -0.4 is 10.6 Å². The Morgan fingerprint density at radius 2 is 2.24 bits per heavy atom. The van der Waals surface area contributed by atoms with Crippen LogP contribution in [0.15, 0.2) is 35.8 Å². The lowest BCUT2D eigenvalue weighted by atomic mass is 10.1. The number of carbonyl (C=O) groups excluding carboxylic acids is 1. The monoisotopic (exact) mass is 303 g/mol. The molecule has 2 aromatic rings. The first-order valence-corrected chi connectivity index (χ1v) is 8.16. The third kappa shape index (κ3) is 4.29. The number of hydrogen-bond donors (Lipinski definition) is 2. The van der Waals surface area contributed by atoms with Crippen molar-refractivity contribution in [2.75, 3.05) is 11.9 Å². The minimum Gasteiger partial charge on any atom is -0.377 e. The number of anilines is 1. The van der Waals surface area contributed by atoms with E-state index in [4.69, 9.17) is 0 Å². The number of pyridine rings is 1. The third-order valence-electron chi connectivity index (χ3n) is 3.13. The summed E-state index contributed by atoms with van der Waals surface area (Å²) < 4.78 is 0. The number of nitrogens with zero attached hydrogens (tertiary/aromatic N) is 1. The Kier molecular flexibility index (Phi) is 5.75. The van der Waals surface area contributed by atoms with Crippen molar-refractivity contribution in [1.82, 2.24) is 10.3 Å². The molecule has 1 unspecified atom stereocenters. The Morgan fingerprint density at radius 1 is 1.38 bits per heavy atom. The molecule has 0 radical (unpaired) electrons. The van der Waals surface area contributed by atoms with Gasteiger partial charge in [0.05, 0.1) is 6.04 Å². The summed E-state index contributed by atoms with van der Waals surface area (Å²) in [5, 5.41) is 8.37. The van der Waals surface area contributed by atoms with Crippen LogP contribution in [0, 0.1) is 0 Å². The molecule has 5 heteroatoms. The molecule has 0 bridgehead atoms. The fraction of sp³-hybridized carbons (Fsp3) is 0.375. The van der Waals surface area contributed by atoms with Crippen LogP contribution in [-0.2, 0) is 0 Å². The number of aromatic nitrogens is 1. The van der Waals surface area contributed by atoms with Gasteiger partial charge >= 0.3 is 0 Å². The average Bonchev–Trinajstić information content (AvgIpc) is 3.01. The molecule has 0 saturated heterocycles. The zero-order valence-corrected chi connectivity index (χ0v) is 13.2. The molecule has 0 aliphatic rings. The van der Waals surface area contributed by atoms with Gasteiger partial charge in [-0.3, -0.25) is 9.78 Å². The summed E-state index contributed by atoms with van der Waals surface area (Å²) in [6, 6.07) is 8.20. The summed E-state index contributed by atoms with van der Waals surface area (Å²) in [4.78, 5) is 17.3. The summed E-state index contributed by atoms with van der Waals surface area (Å²) in [6.07, 6.45) is 3.83. The predicted molar refractivity (Wildman–Crippen MR) is 87.8 cm³/mol. The van der Waals surface area contributed by atoms with Crippen molar-refractivity contribution in [3.05, 3.63) is 46.4 Å². The standard InChI is InChI=1S/C16H21N3OS/c1-3-6-13(15-7-5-10-21-15)19-12-8-9-18-14(11-12)16(20)17-4-2/h5,7-11,13H,3-4,6H2,1-2H3,(H,17,20)(H,18,19). The smallest absolute Gasteiger partial charge is 0.269 e. The SMILES string of the molecule is CCCC(Nc1ccnc(C(=O)NCC)c1)c1cccs1. The Labute approximate surface area is 129 Å². The van der Waals surface area contributed by atoms with Gasteiger partial charge < -0.3 is 10.6 Å². The van der Waals surface area contributed by atoms with Crippen molar-refractivity contribution in [2.24, 2.45) is 0 Å². The second kappa shape index (κ2) is 7.78. The summed E-state index contributed by atoms with van der Waals surface area (Å²) >= 11 is 1.75. The van der Waals surface area contributed by atoms with Crippen LogP contribution >= 0.6 is 11.3 Å². The molecule has 112 valence electrons. The lowest BCUT2D eigenvalue weighted by Crippen LogP contribution is -2.23. The van der Waals surface area contributed by atoms with Gasteiger partial charge in [-0.15, -0.1) is 11.3 Å². The van der Waals surface area contributed by atoms with E-state index in [1.54, 1.807) is 23.6 Å². The van der Waals surface area contributed by atoms with Crippen LogP contribution in [0.2, 0.25) is 0 Å². The van der Waals surface area contributed by atoms with Gasteiger partial charge in [-0.25, -0.2) is 0 Å². The zero-order valence-electron chi connectivity index (χ0n) is 12.4. The Bertz CT molecular complexity index is 569. The van der Waals surface area contributed by atoms with E-state index in [0.29, 0.717) is 12.2 Å². The van der Waals surface area contributed by atoms with E-state index in [1.165, 1.54) is 4.88 Å². The molecule has 2 heterocycles. The molecule has 0 aromatic carbocycles. The van der Waals surface area contributed by atoms with Crippen LogP contribution in [0.3, 0.4) is 0 Å². The summed E-state index contributed by atoms with van der Waals surface area (Å²) in [7, 11) is 0. The van der Waals surface area contributed by atoms with Crippen LogP contribution in [0.5, 0.6) is 0 Å². The number of amides is 1. The molecule has 0 fully saturated rings. The Morgan fingerprint density at radius 3 is 2.90 bits per heavy atom. The minimum atomic E-state index is -0.135. The molecule has 0 aliphatic heterocycles. The topological polar surface area (TPSA) is 54.0 Å². The van der Waals surface area contributed by atoms with Crippen molar-refractivity contribution in [2.45, 2.75) is 32.7 Å². The lowest BCUT2D eigenvalue weighted by molar-refractivity contribution is 0.0951. The zero-order chi connectivity index (χ0) is 15.1. The van der Waals surface area contributed by atoms with Crippen molar-refractivity contribution < 1.29 is 4.79 Å². The fourth-order valence-electron chi connectivity index (χ4n) is 2.16. The normalized spacial score (nSPS) is 11.9. The highest BCUT2D eigenvalue weighted by atomic mass is 32.1. The molecule has 21 heavy (non-hydrogen) atoms. The first kappa shape index (κ1) is 15.5. The quantitative estimate of drug-likeness (QED) is 0.817.